The second-order valence-corrected chi connectivity index (χ2v) is 4.33. The first-order valence-electron chi connectivity index (χ1n) is 5.52. The van der Waals surface area contributed by atoms with Gasteiger partial charge in [0.2, 0.25) is 0 Å². The number of ketones is 1. The number of hydrogen-bond donors (Lipinski definition) is 0. The minimum absolute atomic E-state index is 0.0107. The molecule has 0 unspecified atom stereocenters. The maximum absolute atomic E-state index is 12.2. The van der Waals surface area contributed by atoms with E-state index in [4.69, 9.17) is 0 Å². The highest BCUT2D eigenvalue weighted by molar-refractivity contribution is 6.23. The third kappa shape index (κ3) is 1.29. The zero-order valence-corrected chi connectivity index (χ0v) is 9.64. The molecule has 0 radical (unpaired) electrons. The Labute approximate surface area is 103 Å². The SMILES string of the molecule is Cc1ccc2c(c1)C(=O)c1cccc([N+](=O)[O-])c1-2. The van der Waals surface area contributed by atoms with Crippen LogP contribution in [0.25, 0.3) is 11.1 Å². The smallest absolute Gasteiger partial charge is 0.277 e. The quantitative estimate of drug-likeness (QED) is 0.484. The first-order valence-corrected chi connectivity index (χ1v) is 5.52. The molecule has 0 saturated heterocycles. The Balaban J connectivity index is 2.39. The minimum Gasteiger partial charge on any atom is -0.289 e. The van der Waals surface area contributed by atoms with Gasteiger partial charge in [-0.15, -0.1) is 0 Å². The van der Waals surface area contributed by atoms with Crippen molar-refractivity contribution in [2.75, 3.05) is 0 Å². The van der Waals surface area contributed by atoms with Gasteiger partial charge >= 0.3 is 0 Å². The number of nitrogens with zero attached hydrogens (tertiary/aromatic N) is 1. The molecule has 1 aliphatic rings. The van der Waals surface area contributed by atoms with Gasteiger partial charge in [-0.3, -0.25) is 14.9 Å². The number of aryl methyl sites for hydroxylation is 1. The molecule has 2 aromatic rings. The number of carbonyl (C=O) groups is 1. The van der Waals surface area contributed by atoms with Crippen LogP contribution in [-0.2, 0) is 0 Å². The second-order valence-electron chi connectivity index (χ2n) is 4.33. The summed E-state index contributed by atoms with van der Waals surface area (Å²) in [6.45, 7) is 1.89. The number of carbonyl (C=O) groups excluding carboxylic acids is 1. The standard InChI is InChI=1S/C14H9NO3/c1-8-5-6-9-11(7-8)14(16)10-3-2-4-12(13(9)10)15(17)18/h2-7H,1H3. The minimum atomic E-state index is -0.443. The van der Waals surface area contributed by atoms with Gasteiger partial charge in [-0.25, -0.2) is 0 Å². The van der Waals surface area contributed by atoms with Crippen LogP contribution in [0.5, 0.6) is 0 Å². The Morgan fingerprint density at radius 2 is 1.83 bits per heavy atom. The van der Waals surface area contributed by atoms with Crippen LogP contribution in [0.15, 0.2) is 36.4 Å². The summed E-state index contributed by atoms with van der Waals surface area (Å²) in [6, 6.07) is 10.0. The van der Waals surface area contributed by atoms with E-state index in [-0.39, 0.29) is 11.5 Å². The molecule has 4 nitrogen and oxygen atoms in total. The molecule has 0 bridgehead atoms. The van der Waals surface area contributed by atoms with Crippen molar-refractivity contribution in [3.63, 3.8) is 0 Å². The molecule has 0 amide bonds. The van der Waals surface area contributed by atoms with Crippen molar-refractivity contribution in [1.82, 2.24) is 0 Å². The van der Waals surface area contributed by atoms with Gasteiger partial charge in [0.05, 0.1) is 10.5 Å². The number of rotatable bonds is 1. The highest BCUT2D eigenvalue weighted by atomic mass is 16.6. The molecule has 2 aromatic carbocycles. The van der Waals surface area contributed by atoms with E-state index >= 15 is 0 Å². The zero-order chi connectivity index (χ0) is 12.9. The van der Waals surface area contributed by atoms with E-state index in [0.717, 1.165) is 5.56 Å². The number of nitro benzene ring substituents is 1. The molecule has 1 aliphatic carbocycles. The third-order valence-corrected chi connectivity index (χ3v) is 3.17. The van der Waals surface area contributed by atoms with Crippen molar-refractivity contribution in [2.24, 2.45) is 0 Å². The molecule has 0 aromatic heterocycles. The fourth-order valence-corrected chi connectivity index (χ4v) is 2.37. The van der Waals surface area contributed by atoms with Gasteiger partial charge in [0.15, 0.2) is 5.78 Å². The van der Waals surface area contributed by atoms with E-state index in [2.05, 4.69) is 0 Å². The fraction of sp³-hybridized carbons (Fsp3) is 0.0714. The average Bonchev–Trinajstić information content (AvgIpc) is 2.63. The molecular formula is C14H9NO3. The average molecular weight is 239 g/mol. The number of benzene rings is 2. The molecule has 18 heavy (non-hydrogen) atoms. The van der Waals surface area contributed by atoms with Crippen LogP contribution in [0.1, 0.15) is 21.5 Å². The lowest BCUT2D eigenvalue weighted by molar-refractivity contribution is -0.384. The van der Waals surface area contributed by atoms with Crippen molar-refractivity contribution >= 4 is 11.5 Å². The highest BCUT2D eigenvalue weighted by Crippen LogP contribution is 2.42. The molecule has 0 heterocycles. The summed E-state index contributed by atoms with van der Waals surface area (Å²) in [6.07, 6.45) is 0. The van der Waals surface area contributed by atoms with Crippen molar-refractivity contribution in [3.8, 4) is 11.1 Å². The van der Waals surface area contributed by atoms with E-state index < -0.39 is 4.92 Å². The van der Waals surface area contributed by atoms with Gasteiger partial charge < -0.3 is 0 Å². The molecule has 3 rings (SSSR count). The summed E-state index contributed by atoms with van der Waals surface area (Å²) in [5.74, 6) is -0.132. The van der Waals surface area contributed by atoms with Crippen LogP contribution in [0.4, 0.5) is 5.69 Å². The van der Waals surface area contributed by atoms with Gasteiger partial charge in [-0.05, 0) is 19.1 Å². The monoisotopic (exact) mass is 239 g/mol. The van der Waals surface area contributed by atoms with Crippen LogP contribution in [0.2, 0.25) is 0 Å². The molecule has 0 fully saturated rings. The number of fused-ring (bicyclic) bond motifs is 3. The summed E-state index contributed by atoms with van der Waals surface area (Å²) < 4.78 is 0. The molecule has 0 saturated carbocycles. The second kappa shape index (κ2) is 3.50. The van der Waals surface area contributed by atoms with Gasteiger partial charge in [-0.2, -0.15) is 0 Å². The van der Waals surface area contributed by atoms with Gasteiger partial charge in [-0.1, -0.05) is 23.8 Å². The van der Waals surface area contributed by atoms with E-state index in [1.807, 2.05) is 13.0 Å². The van der Waals surface area contributed by atoms with E-state index in [1.165, 1.54) is 6.07 Å². The number of nitro groups is 1. The van der Waals surface area contributed by atoms with E-state index in [1.54, 1.807) is 24.3 Å². The highest BCUT2D eigenvalue weighted by Gasteiger charge is 2.32. The summed E-state index contributed by atoms with van der Waals surface area (Å²) >= 11 is 0. The first kappa shape index (κ1) is 10.7. The third-order valence-electron chi connectivity index (χ3n) is 3.17. The van der Waals surface area contributed by atoms with Crippen LogP contribution in [-0.4, -0.2) is 10.7 Å². The Hall–Kier alpha value is -2.49. The van der Waals surface area contributed by atoms with E-state index in [0.29, 0.717) is 22.3 Å². The van der Waals surface area contributed by atoms with E-state index in [9.17, 15) is 14.9 Å². The summed E-state index contributed by atoms with van der Waals surface area (Å²) in [7, 11) is 0. The fourth-order valence-electron chi connectivity index (χ4n) is 2.37. The van der Waals surface area contributed by atoms with Crippen molar-refractivity contribution in [2.45, 2.75) is 6.92 Å². The topological polar surface area (TPSA) is 60.2 Å². The van der Waals surface area contributed by atoms with Crippen LogP contribution >= 0.6 is 0 Å². The Kier molecular flexibility index (Phi) is 2.07. The predicted octanol–water partition coefficient (Wildman–Crippen LogP) is 3.11. The van der Waals surface area contributed by atoms with Gasteiger partial charge in [0.1, 0.15) is 0 Å². The maximum atomic E-state index is 12.2. The molecule has 0 aliphatic heterocycles. The lowest BCUT2D eigenvalue weighted by Gasteiger charge is -2.01. The molecule has 88 valence electrons. The largest absolute Gasteiger partial charge is 0.289 e. The van der Waals surface area contributed by atoms with Crippen molar-refractivity contribution in [3.05, 3.63) is 63.2 Å². The van der Waals surface area contributed by atoms with Gasteiger partial charge in [0.25, 0.3) is 5.69 Å². The Morgan fingerprint density at radius 1 is 1.06 bits per heavy atom. The molecule has 0 atom stereocenters. The lowest BCUT2D eigenvalue weighted by atomic mass is 10.0. The summed E-state index contributed by atoms with van der Waals surface area (Å²) in [5, 5.41) is 11.0. The molecule has 0 N–H and O–H groups in total. The molecular weight excluding hydrogens is 230 g/mol. The maximum Gasteiger partial charge on any atom is 0.277 e. The van der Waals surface area contributed by atoms with Crippen molar-refractivity contribution < 1.29 is 9.72 Å². The lowest BCUT2D eigenvalue weighted by Crippen LogP contribution is -1.96. The Bertz CT molecular complexity index is 704. The van der Waals surface area contributed by atoms with Gasteiger partial charge in [0, 0.05) is 22.8 Å². The first-order chi connectivity index (χ1) is 8.59. The summed E-state index contributed by atoms with van der Waals surface area (Å²) in [4.78, 5) is 22.8. The van der Waals surface area contributed by atoms with Crippen molar-refractivity contribution in [1.29, 1.82) is 0 Å². The summed E-state index contributed by atoms with van der Waals surface area (Å²) in [5.41, 5.74) is 3.04. The zero-order valence-electron chi connectivity index (χ0n) is 9.64. The normalized spacial score (nSPS) is 12.2. The van der Waals surface area contributed by atoms with Crippen LogP contribution in [0.3, 0.4) is 0 Å². The molecule has 4 heteroatoms. The Morgan fingerprint density at radius 3 is 2.56 bits per heavy atom. The van der Waals surface area contributed by atoms with Crippen LogP contribution in [0, 0.1) is 17.0 Å². The van der Waals surface area contributed by atoms with Crippen LogP contribution < -0.4 is 0 Å². The molecule has 0 spiro atoms. The number of hydrogen-bond acceptors (Lipinski definition) is 3. The predicted molar refractivity (Wildman–Crippen MR) is 66.7 cm³/mol.